The topological polar surface area (TPSA) is 66.8 Å². The van der Waals surface area contributed by atoms with Crippen LogP contribution in [0.25, 0.3) is 0 Å². The lowest BCUT2D eigenvalue weighted by molar-refractivity contribution is -0.136. The zero-order valence-electron chi connectivity index (χ0n) is 19.3. The van der Waals surface area contributed by atoms with Crippen LogP contribution in [0.15, 0.2) is 23.8 Å². The van der Waals surface area contributed by atoms with Crippen molar-refractivity contribution in [3.05, 3.63) is 34.9 Å². The van der Waals surface area contributed by atoms with Gasteiger partial charge in [0.1, 0.15) is 17.1 Å². The molecule has 0 unspecified atom stereocenters. The number of rotatable bonds is 8. The predicted octanol–water partition coefficient (Wildman–Crippen LogP) is 6.71. The van der Waals surface area contributed by atoms with Gasteiger partial charge in [0, 0.05) is 17.4 Å². The molecule has 0 aromatic heterocycles. The number of carbonyl (C=O) groups is 1. The molecule has 1 heterocycles. The van der Waals surface area contributed by atoms with E-state index in [1.165, 1.54) is 25.7 Å². The molecule has 0 radical (unpaired) electrons. The summed E-state index contributed by atoms with van der Waals surface area (Å²) in [5.41, 5.74) is 2.53. The molecule has 1 aliphatic carbocycles. The van der Waals surface area contributed by atoms with Crippen LogP contribution in [0.3, 0.4) is 0 Å². The second-order valence-corrected chi connectivity index (χ2v) is 10.4. The zero-order chi connectivity index (χ0) is 22.1. The van der Waals surface area contributed by atoms with Crippen LogP contribution in [0.4, 0.5) is 0 Å². The van der Waals surface area contributed by atoms with Gasteiger partial charge in [0.2, 0.25) is 0 Å². The molecular weight excluding hydrogens is 376 g/mol. The third kappa shape index (κ3) is 4.68. The Morgan fingerprint density at radius 1 is 1.23 bits per heavy atom. The number of hydrogen-bond acceptors (Lipinski definition) is 3. The predicted molar refractivity (Wildman–Crippen MR) is 120 cm³/mol. The molecule has 0 spiro atoms. The first kappa shape index (κ1) is 22.7. The molecule has 166 valence electrons. The van der Waals surface area contributed by atoms with E-state index in [1.54, 1.807) is 0 Å². The molecule has 0 bridgehead atoms. The van der Waals surface area contributed by atoms with E-state index in [4.69, 9.17) is 4.74 Å². The number of carboxylic acids is 1. The van der Waals surface area contributed by atoms with E-state index in [0.29, 0.717) is 12.2 Å². The Balaban J connectivity index is 1.92. The van der Waals surface area contributed by atoms with Crippen LogP contribution in [0, 0.1) is 5.92 Å². The number of phenolic OH excluding ortho intramolecular Hbond substituents is 1. The molecule has 0 fully saturated rings. The summed E-state index contributed by atoms with van der Waals surface area (Å²) in [6.07, 6.45) is 9.57. The van der Waals surface area contributed by atoms with E-state index in [-0.39, 0.29) is 29.3 Å². The van der Waals surface area contributed by atoms with Gasteiger partial charge in [-0.1, -0.05) is 58.1 Å². The van der Waals surface area contributed by atoms with Gasteiger partial charge in [-0.2, -0.15) is 0 Å². The van der Waals surface area contributed by atoms with Crippen molar-refractivity contribution in [1.82, 2.24) is 0 Å². The number of unbranched alkanes of at least 4 members (excludes halogenated alkanes) is 3. The lowest BCUT2D eigenvalue weighted by Crippen LogP contribution is -2.45. The van der Waals surface area contributed by atoms with Gasteiger partial charge in [-0.3, -0.25) is 4.79 Å². The average Bonchev–Trinajstić information content (AvgIpc) is 2.63. The normalized spacial score (nSPS) is 22.5. The van der Waals surface area contributed by atoms with Crippen molar-refractivity contribution in [2.45, 2.75) is 103 Å². The highest BCUT2D eigenvalue weighted by Gasteiger charge is 2.46. The van der Waals surface area contributed by atoms with Gasteiger partial charge < -0.3 is 14.9 Å². The highest BCUT2D eigenvalue weighted by molar-refractivity contribution is 5.70. The third-order valence-electron chi connectivity index (χ3n) is 7.20. The van der Waals surface area contributed by atoms with E-state index in [2.05, 4.69) is 46.8 Å². The molecule has 4 nitrogen and oxygen atoms in total. The number of benzene rings is 1. The van der Waals surface area contributed by atoms with E-state index < -0.39 is 5.97 Å². The quantitative estimate of drug-likeness (QED) is 0.367. The molecule has 1 aromatic carbocycles. The third-order valence-corrected chi connectivity index (χ3v) is 7.20. The van der Waals surface area contributed by atoms with E-state index in [0.717, 1.165) is 35.3 Å². The average molecular weight is 415 g/mol. The SMILES string of the molecule is CCCCCCC(C)(C)c1cc(O)c2c(c1)OC(C)(C)[C@@H]1CC=C(CC(=O)O)C[C@@H]21. The molecule has 4 heteroatoms. The van der Waals surface area contributed by atoms with Crippen molar-refractivity contribution in [1.29, 1.82) is 0 Å². The van der Waals surface area contributed by atoms with Crippen molar-refractivity contribution in [3.8, 4) is 11.5 Å². The monoisotopic (exact) mass is 414 g/mol. The Kier molecular flexibility index (Phi) is 6.54. The van der Waals surface area contributed by atoms with Crippen molar-refractivity contribution < 1.29 is 19.7 Å². The Hall–Kier alpha value is -1.97. The number of aromatic hydroxyl groups is 1. The van der Waals surface area contributed by atoms with Crippen LogP contribution >= 0.6 is 0 Å². The molecule has 30 heavy (non-hydrogen) atoms. The maximum atomic E-state index is 11.2. The molecule has 0 saturated carbocycles. The van der Waals surface area contributed by atoms with Crippen LogP contribution in [0.5, 0.6) is 11.5 Å². The van der Waals surface area contributed by atoms with E-state index in [9.17, 15) is 15.0 Å². The summed E-state index contributed by atoms with van der Waals surface area (Å²) < 4.78 is 6.46. The number of aliphatic carboxylic acids is 1. The lowest BCUT2D eigenvalue weighted by atomic mass is 9.66. The van der Waals surface area contributed by atoms with Crippen molar-refractivity contribution in [2.24, 2.45) is 5.92 Å². The fourth-order valence-corrected chi connectivity index (χ4v) is 5.33. The number of carboxylic acid groups (broad SMARTS) is 1. The summed E-state index contributed by atoms with van der Waals surface area (Å²) >= 11 is 0. The number of ether oxygens (including phenoxy) is 1. The summed E-state index contributed by atoms with van der Waals surface area (Å²) in [5.74, 6) is 0.586. The molecule has 1 aromatic rings. The molecule has 2 aliphatic rings. The number of phenols is 1. The van der Waals surface area contributed by atoms with Gasteiger partial charge in [0.15, 0.2) is 0 Å². The second kappa shape index (κ2) is 8.64. The zero-order valence-corrected chi connectivity index (χ0v) is 19.3. The fourth-order valence-electron chi connectivity index (χ4n) is 5.33. The van der Waals surface area contributed by atoms with Crippen LogP contribution in [0.1, 0.15) is 103 Å². The minimum atomic E-state index is -0.796. The Labute approximate surface area is 181 Å². The molecule has 2 N–H and O–H groups in total. The second-order valence-electron chi connectivity index (χ2n) is 10.4. The number of hydrogen-bond donors (Lipinski definition) is 2. The maximum Gasteiger partial charge on any atom is 0.307 e. The molecule has 0 amide bonds. The Bertz CT molecular complexity index is 819. The van der Waals surface area contributed by atoms with Gasteiger partial charge in [-0.05, 0) is 56.2 Å². The lowest BCUT2D eigenvalue weighted by Gasteiger charge is -2.47. The maximum absolute atomic E-state index is 11.2. The summed E-state index contributed by atoms with van der Waals surface area (Å²) in [4.78, 5) is 11.2. The first-order chi connectivity index (χ1) is 14.0. The largest absolute Gasteiger partial charge is 0.508 e. The van der Waals surface area contributed by atoms with E-state index in [1.807, 2.05) is 6.07 Å². The van der Waals surface area contributed by atoms with Gasteiger partial charge >= 0.3 is 5.97 Å². The summed E-state index contributed by atoms with van der Waals surface area (Å²) in [5, 5.41) is 20.3. The van der Waals surface area contributed by atoms with Crippen molar-refractivity contribution >= 4 is 5.97 Å². The highest BCUT2D eigenvalue weighted by Crippen LogP contribution is 2.55. The minimum Gasteiger partial charge on any atom is -0.508 e. The van der Waals surface area contributed by atoms with Crippen LogP contribution in [-0.2, 0) is 10.2 Å². The number of allylic oxidation sites excluding steroid dienone is 1. The summed E-state index contributed by atoms with van der Waals surface area (Å²) in [6, 6.07) is 4.05. The highest BCUT2D eigenvalue weighted by atomic mass is 16.5. The van der Waals surface area contributed by atoms with Crippen molar-refractivity contribution in [3.63, 3.8) is 0 Å². The first-order valence-electron chi connectivity index (χ1n) is 11.5. The smallest absolute Gasteiger partial charge is 0.307 e. The standard InChI is InChI=1S/C26H38O4/c1-6-7-8-9-12-25(2,3)18-15-21(27)24-19-13-17(14-23(28)29)10-11-20(19)26(4,5)30-22(24)16-18/h10,15-16,19-20,27H,6-9,11-14H2,1-5H3,(H,28,29)/t19-,20-/m1/s1. The van der Waals surface area contributed by atoms with Crippen LogP contribution in [-0.4, -0.2) is 21.8 Å². The van der Waals surface area contributed by atoms with Gasteiger partial charge in [0.25, 0.3) is 0 Å². The Morgan fingerprint density at radius 2 is 1.97 bits per heavy atom. The van der Waals surface area contributed by atoms with Gasteiger partial charge in [-0.15, -0.1) is 0 Å². The van der Waals surface area contributed by atoms with Gasteiger partial charge in [-0.25, -0.2) is 0 Å². The van der Waals surface area contributed by atoms with Gasteiger partial charge in [0.05, 0.1) is 6.42 Å². The molecule has 0 saturated heterocycles. The van der Waals surface area contributed by atoms with Crippen LogP contribution < -0.4 is 4.74 Å². The van der Waals surface area contributed by atoms with E-state index >= 15 is 0 Å². The molecule has 2 atom stereocenters. The van der Waals surface area contributed by atoms with Crippen LogP contribution in [0.2, 0.25) is 0 Å². The summed E-state index contributed by atoms with van der Waals surface area (Å²) in [7, 11) is 0. The number of fused-ring (bicyclic) bond motifs is 3. The first-order valence-corrected chi connectivity index (χ1v) is 11.5. The minimum absolute atomic E-state index is 0.0362. The molecule has 3 rings (SSSR count). The van der Waals surface area contributed by atoms with Crippen molar-refractivity contribution in [2.75, 3.05) is 0 Å². The molecular formula is C26H38O4. The Morgan fingerprint density at radius 3 is 2.63 bits per heavy atom. The molecule has 1 aliphatic heterocycles. The summed E-state index contributed by atoms with van der Waals surface area (Å²) in [6.45, 7) is 10.9. The fraction of sp³-hybridized carbons (Fsp3) is 0.654.